The van der Waals surface area contributed by atoms with Gasteiger partial charge in [0.2, 0.25) is 0 Å². The molecular formula is C33H32N6O3S. The van der Waals surface area contributed by atoms with Crippen LogP contribution in [0, 0.1) is 0 Å². The second-order valence-electron chi connectivity index (χ2n) is 11.2. The summed E-state index contributed by atoms with van der Waals surface area (Å²) in [6.45, 7) is 6.67. The number of hydrogen-bond donors (Lipinski definition) is 1. The maximum Gasteiger partial charge on any atom is 0.410 e. The third-order valence-corrected chi connectivity index (χ3v) is 8.01. The molecule has 1 aliphatic rings. The zero-order chi connectivity index (χ0) is 30.0. The van der Waals surface area contributed by atoms with Crippen LogP contribution < -0.4 is 10.1 Å². The molecule has 4 heterocycles. The second-order valence-corrected chi connectivity index (χ2v) is 12.3. The average molecular weight is 593 g/mol. The van der Waals surface area contributed by atoms with Crippen molar-refractivity contribution >= 4 is 56.7 Å². The minimum Gasteiger partial charge on any atom is -0.495 e. The van der Waals surface area contributed by atoms with Crippen LogP contribution in [-0.2, 0) is 4.74 Å². The average Bonchev–Trinajstić information content (AvgIpc) is 3.01. The number of amides is 1. The summed E-state index contributed by atoms with van der Waals surface area (Å²) in [6.07, 6.45) is 5.93. The molecule has 9 nitrogen and oxygen atoms in total. The number of nitrogens with one attached hydrogen (secondary N) is 1. The van der Waals surface area contributed by atoms with Crippen molar-refractivity contribution in [3.8, 4) is 5.75 Å². The van der Waals surface area contributed by atoms with Gasteiger partial charge in [0, 0.05) is 51.6 Å². The van der Waals surface area contributed by atoms with Crippen LogP contribution in [0.4, 0.5) is 16.3 Å². The van der Waals surface area contributed by atoms with Gasteiger partial charge in [-0.3, -0.25) is 4.98 Å². The number of carbonyl (C=O) groups is 1. The van der Waals surface area contributed by atoms with Crippen molar-refractivity contribution in [3.63, 3.8) is 0 Å². The number of anilines is 2. The molecule has 10 heteroatoms. The molecule has 218 valence electrons. The van der Waals surface area contributed by atoms with E-state index in [1.165, 1.54) is 0 Å². The van der Waals surface area contributed by atoms with Gasteiger partial charge in [0.25, 0.3) is 0 Å². The fraction of sp³-hybridized carbons (Fsp3) is 0.242. The minimum atomic E-state index is -0.522. The van der Waals surface area contributed by atoms with Gasteiger partial charge in [-0.1, -0.05) is 42.1 Å². The van der Waals surface area contributed by atoms with E-state index in [-0.39, 0.29) is 6.09 Å². The third kappa shape index (κ3) is 6.39. The lowest BCUT2D eigenvalue weighted by molar-refractivity contribution is 0.0270. The van der Waals surface area contributed by atoms with Crippen molar-refractivity contribution in [1.82, 2.24) is 25.1 Å². The quantitative estimate of drug-likeness (QED) is 0.215. The fourth-order valence-corrected chi connectivity index (χ4v) is 5.77. The number of ether oxygens (including phenoxy) is 2. The van der Waals surface area contributed by atoms with E-state index in [0.717, 1.165) is 48.6 Å². The van der Waals surface area contributed by atoms with Gasteiger partial charge >= 0.3 is 6.09 Å². The number of benzene rings is 2. The molecule has 0 fully saturated rings. The van der Waals surface area contributed by atoms with Crippen LogP contribution in [0.15, 0.2) is 88.9 Å². The molecule has 2 aromatic carbocycles. The Morgan fingerprint density at radius 2 is 1.79 bits per heavy atom. The molecule has 43 heavy (non-hydrogen) atoms. The molecule has 0 bridgehead atoms. The number of nitrogens with zero attached hydrogens (tertiary/aromatic N) is 5. The lowest BCUT2D eigenvalue weighted by Crippen LogP contribution is -2.39. The summed E-state index contributed by atoms with van der Waals surface area (Å²) in [5.41, 5.74) is 3.93. The summed E-state index contributed by atoms with van der Waals surface area (Å²) in [5, 5.41) is 14.6. The van der Waals surface area contributed by atoms with Crippen LogP contribution in [0.5, 0.6) is 5.75 Å². The van der Waals surface area contributed by atoms with Crippen molar-refractivity contribution in [3.05, 3.63) is 84.8 Å². The van der Waals surface area contributed by atoms with Gasteiger partial charge in [-0.25, -0.2) is 9.78 Å². The van der Waals surface area contributed by atoms with Gasteiger partial charge in [0.1, 0.15) is 16.9 Å². The first-order valence-electron chi connectivity index (χ1n) is 14.0. The maximum absolute atomic E-state index is 12.5. The van der Waals surface area contributed by atoms with Crippen molar-refractivity contribution in [2.45, 2.75) is 42.6 Å². The van der Waals surface area contributed by atoms with E-state index in [4.69, 9.17) is 9.47 Å². The predicted molar refractivity (Wildman–Crippen MR) is 170 cm³/mol. The topological polar surface area (TPSA) is 102 Å². The Morgan fingerprint density at radius 1 is 1.00 bits per heavy atom. The highest BCUT2D eigenvalue weighted by Gasteiger charge is 2.25. The van der Waals surface area contributed by atoms with Gasteiger partial charge in [-0.2, -0.15) is 0 Å². The van der Waals surface area contributed by atoms with E-state index >= 15 is 0 Å². The zero-order valence-corrected chi connectivity index (χ0v) is 25.3. The molecule has 0 saturated carbocycles. The van der Waals surface area contributed by atoms with E-state index in [2.05, 4.69) is 43.7 Å². The second kappa shape index (κ2) is 11.9. The normalized spacial score (nSPS) is 13.6. The predicted octanol–water partition coefficient (Wildman–Crippen LogP) is 7.50. The van der Waals surface area contributed by atoms with Crippen LogP contribution >= 0.6 is 11.8 Å². The molecule has 0 spiro atoms. The molecule has 5 aromatic rings. The fourth-order valence-electron chi connectivity index (χ4n) is 4.86. The van der Waals surface area contributed by atoms with Gasteiger partial charge < -0.3 is 19.7 Å². The van der Waals surface area contributed by atoms with E-state index in [1.807, 2.05) is 69.3 Å². The summed E-state index contributed by atoms with van der Waals surface area (Å²) < 4.78 is 10.8. The first kappa shape index (κ1) is 28.4. The van der Waals surface area contributed by atoms with Gasteiger partial charge in [0.05, 0.1) is 24.5 Å². The molecule has 1 aliphatic heterocycles. The Bertz CT molecular complexity index is 1840. The zero-order valence-electron chi connectivity index (χ0n) is 24.5. The van der Waals surface area contributed by atoms with Gasteiger partial charge in [-0.05, 0) is 63.1 Å². The third-order valence-electron chi connectivity index (χ3n) is 6.95. The largest absolute Gasteiger partial charge is 0.495 e. The summed E-state index contributed by atoms with van der Waals surface area (Å²) >= 11 is 1.63. The van der Waals surface area contributed by atoms with Crippen molar-refractivity contribution in [2.24, 2.45) is 0 Å². The van der Waals surface area contributed by atoms with Crippen molar-refractivity contribution in [2.75, 3.05) is 25.5 Å². The number of hydrogen-bond acceptors (Lipinski definition) is 9. The highest BCUT2D eigenvalue weighted by molar-refractivity contribution is 7.99. The number of rotatable bonds is 6. The highest BCUT2D eigenvalue weighted by atomic mass is 32.2. The monoisotopic (exact) mass is 592 g/mol. The van der Waals surface area contributed by atoms with Crippen molar-refractivity contribution < 1.29 is 14.3 Å². The lowest BCUT2D eigenvalue weighted by atomic mass is 10.00. The SMILES string of the molecule is COc1cnc2c(Sc3ccc(Nc4nnc(C5=CCN(C(=O)OC(C)(C)C)CC5)c5ccccc45)cc3)ccnc2c1. The van der Waals surface area contributed by atoms with Crippen LogP contribution in [0.3, 0.4) is 0 Å². The van der Waals surface area contributed by atoms with Crippen LogP contribution in [0.1, 0.15) is 32.9 Å². The Labute approximate surface area is 254 Å². The van der Waals surface area contributed by atoms with E-state index in [1.54, 1.807) is 36.2 Å². The summed E-state index contributed by atoms with van der Waals surface area (Å²) in [5.74, 6) is 1.37. The smallest absolute Gasteiger partial charge is 0.410 e. The van der Waals surface area contributed by atoms with E-state index in [9.17, 15) is 4.79 Å². The molecule has 1 N–H and O–H groups in total. The maximum atomic E-state index is 12.5. The number of methoxy groups -OCH3 is 1. The van der Waals surface area contributed by atoms with Gasteiger partial charge in [-0.15, -0.1) is 10.2 Å². The molecule has 0 aliphatic carbocycles. The number of aromatic nitrogens is 4. The highest BCUT2D eigenvalue weighted by Crippen LogP contribution is 2.35. The van der Waals surface area contributed by atoms with Crippen LogP contribution in [0.2, 0.25) is 0 Å². The molecule has 0 saturated heterocycles. The molecule has 6 rings (SSSR count). The Morgan fingerprint density at radius 3 is 2.51 bits per heavy atom. The number of pyridine rings is 2. The van der Waals surface area contributed by atoms with Gasteiger partial charge in [0.15, 0.2) is 5.82 Å². The standard InChI is InChI=1S/C33H32N6O3S/c1-33(2,3)42-32(40)39-17-14-21(15-18-39)29-25-7-5-6-8-26(25)31(38-37-29)36-22-9-11-24(12-10-22)43-28-13-16-34-27-19-23(41-4)20-35-30(27)28/h5-14,16,19-20H,15,17-18H2,1-4H3,(H,36,38). The number of carbonyl (C=O) groups excluding carboxylic acids is 1. The molecule has 0 unspecified atom stereocenters. The summed E-state index contributed by atoms with van der Waals surface area (Å²) in [6, 6.07) is 20.2. The van der Waals surface area contributed by atoms with E-state index in [0.29, 0.717) is 31.1 Å². The van der Waals surface area contributed by atoms with Crippen LogP contribution in [0.25, 0.3) is 27.4 Å². The molecule has 3 aromatic heterocycles. The van der Waals surface area contributed by atoms with Crippen LogP contribution in [-0.4, -0.2) is 57.0 Å². The Kier molecular flexibility index (Phi) is 7.86. The van der Waals surface area contributed by atoms with Crippen molar-refractivity contribution in [1.29, 1.82) is 0 Å². The summed E-state index contributed by atoms with van der Waals surface area (Å²) in [4.78, 5) is 25.3. The number of fused-ring (bicyclic) bond motifs is 2. The molecule has 0 atom stereocenters. The first-order chi connectivity index (χ1) is 20.8. The van der Waals surface area contributed by atoms with E-state index < -0.39 is 5.60 Å². The molecule has 1 amide bonds. The minimum absolute atomic E-state index is 0.297. The summed E-state index contributed by atoms with van der Waals surface area (Å²) in [7, 11) is 1.62. The Balaban J connectivity index is 1.19. The molecule has 0 radical (unpaired) electrons. The lowest BCUT2D eigenvalue weighted by Gasteiger charge is -2.29. The Hall–Kier alpha value is -4.70. The first-order valence-corrected chi connectivity index (χ1v) is 14.9. The molecular weight excluding hydrogens is 560 g/mol.